The number of aliphatic hydroxyl groups excluding tert-OH is 1. The van der Waals surface area contributed by atoms with Crippen LogP contribution in [0.1, 0.15) is 13.8 Å². The summed E-state index contributed by atoms with van der Waals surface area (Å²) in [5, 5.41) is 9.51. The van der Waals surface area contributed by atoms with Crippen molar-refractivity contribution in [2.24, 2.45) is 0 Å². The van der Waals surface area contributed by atoms with E-state index >= 15 is 0 Å². The zero-order chi connectivity index (χ0) is 18.2. The van der Waals surface area contributed by atoms with Crippen LogP contribution in [-0.4, -0.2) is 23.0 Å². The molecule has 1 radical (unpaired) electrons. The molecule has 0 fully saturated rings. The number of fused-ring (bicyclic) bond motifs is 1. The van der Waals surface area contributed by atoms with Gasteiger partial charge in [-0.3, -0.25) is 9.78 Å². The zero-order valence-electron chi connectivity index (χ0n) is 14.8. The first-order valence-corrected chi connectivity index (χ1v) is 7.79. The third kappa shape index (κ3) is 6.43. The van der Waals surface area contributed by atoms with E-state index < -0.39 is 0 Å². The number of carbonyl (C=O) groups excluding carboxylic acids is 1. The Kier molecular flexibility index (Phi) is 8.69. The van der Waals surface area contributed by atoms with Crippen LogP contribution in [0.5, 0.6) is 5.75 Å². The zero-order valence-corrected chi connectivity index (χ0v) is 17.2. The molecule has 0 saturated carbocycles. The predicted molar refractivity (Wildman–Crippen MR) is 99.6 cm³/mol. The quantitative estimate of drug-likeness (QED) is 0.304. The molecule has 0 saturated heterocycles. The van der Waals surface area contributed by atoms with Crippen LogP contribution in [0.15, 0.2) is 66.4 Å². The van der Waals surface area contributed by atoms with E-state index in [1.807, 2.05) is 42.5 Å². The Bertz CT molecular complexity index is 902. The van der Waals surface area contributed by atoms with Crippen LogP contribution >= 0.6 is 0 Å². The second-order valence-corrected chi connectivity index (χ2v) is 5.43. The number of ether oxygens (including phenoxy) is 1. The standard InChI is InChI=1S/C16H12NO.C5H8O2.Ir/c1-18-14-7-4-6-13(11-14)16-10-9-12-5-2-3-8-15(12)17-16;1-4(6)3-5(2)7;/h2-5,7-11H,1H3;3,6H,1-2H3;/q-1;;/b;4-3-;. The summed E-state index contributed by atoms with van der Waals surface area (Å²) in [6, 6.07) is 21.0. The molecule has 0 amide bonds. The smallest absolute Gasteiger partial charge is 0.155 e. The number of aliphatic hydroxyl groups is 1. The summed E-state index contributed by atoms with van der Waals surface area (Å²) in [6.07, 6.45) is 1.17. The second kappa shape index (κ2) is 10.5. The number of allylic oxidation sites excluding steroid dienone is 2. The molecule has 1 aromatic heterocycles. The topological polar surface area (TPSA) is 59.4 Å². The molecule has 0 spiro atoms. The SMILES string of the molecule is CC(=O)/C=C(/C)O.COc1cc[c-]c(-c2ccc3ccccc3n2)c1.[Ir]. The van der Waals surface area contributed by atoms with E-state index in [1.165, 1.54) is 19.9 Å². The van der Waals surface area contributed by atoms with Gasteiger partial charge in [0.05, 0.1) is 18.4 Å². The molecule has 137 valence electrons. The average molecular weight is 527 g/mol. The number of hydrogen-bond acceptors (Lipinski definition) is 4. The fraction of sp³-hybridized carbons (Fsp3) is 0.143. The van der Waals surface area contributed by atoms with Crippen molar-refractivity contribution >= 4 is 16.7 Å². The summed E-state index contributed by atoms with van der Waals surface area (Å²) in [6.45, 7) is 2.85. The summed E-state index contributed by atoms with van der Waals surface area (Å²) in [5.41, 5.74) is 2.85. The van der Waals surface area contributed by atoms with Gasteiger partial charge in [-0.05, 0) is 31.0 Å². The minimum atomic E-state index is -0.125. The first kappa shape index (κ1) is 21.6. The van der Waals surface area contributed by atoms with Crippen LogP contribution in [0.4, 0.5) is 0 Å². The van der Waals surface area contributed by atoms with Gasteiger partial charge in [0, 0.05) is 31.9 Å². The third-order valence-electron chi connectivity index (χ3n) is 3.30. The number of rotatable bonds is 3. The molecule has 0 atom stereocenters. The van der Waals surface area contributed by atoms with Crippen LogP contribution in [0.25, 0.3) is 22.2 Å². The number of methoxy groups -OCH3 is 1. The Labute approximate surface area is 166 Å². The molecule has 0 aliphatic carbocycles. The molecule has 4 nitrogen and oxygen atoms in total. The fourth-order valence-electron chi connectivity index (χ4n) is 2.23. The van der Waals surface area contributed by atoms with Gasteiger partial charge in [-0.1, -0.05) is 30.3 Å². The third-order valence-corrected chi connectivity index (χ3v) is 3.30. The largest absolute Gasteiger partial charge is 0.516 e. The van der Waals surface area contributed by atoms with E-state index in [4.69, 9.17) is 9.84 Å². The number of ketones is 1. The van der Waals surface area contributed by atoms with Crippen LogP contribution < -0.4 is 4.74 Å². The van der Waals surface area contributed by atoms with E-state index in [1.54, 1.807) is 7.11 Å². The molecule has 3 rings (SSSR count). The molecule has 0 aliphatic heterocycles. The summed E-state index contributed by atoms with van der Waals surface area (Å²) in [7, 11) is 1.66. The van der Waals surface area contributed by atoms with Gasteiger partial charge in [0.1, 0.15) is 0 Å². The Hall–Kier alpha value is -2.49. The molecule has 0 bridgehead atoms. The van der Waals surface area contributed by atoms with Gasteiger partial charge in [-0.2, -0.15) is 0 Å². The average Bonchev–Trinajstić information content (AvgIpc) is 2.60. The van der Waals surface area contributed by atoms with E-state index in [0.717, 1.165) is 27.9 Å². The van der Waals surface area contributed by atoms with Gasteiger partial charge in [0.15, 0.2) is 5.78 Å². The molecule has 0 aliphatic rings. The van der Waals surface area contributed by atoms with Crippen molar-refractivity contribution in [1.29, 1.82) is 0 Å². The molecule has 0 unspecified atom stereocenters. The number of aromatic nitrogens is 1. The molecular formula is C21H20IrNO3-. The monoisotopic (exact) mass is 527 g/mol. The maximum absolute atomic E-state index is 10.0. The minimum absolute atomic E-state index is 0. The number of carbonyl (C=O) groups is 1. The van der Waals surface area contributed by atoms with Crippen molar-refractivity contribution in [3.63, 3.8) is 0 Å². The molecule has 26 heavy (non-hydrogen) atoms. The summed E-state index contributed by atoms with van der Waals surface area (Å²) >= 11 is 0. The second-order valence-electron chi connectivity index (χ2n) is 5.43. The van der Waals surface area contributed by atoms with Crippen molar-refractivity contribution in [3.8, 4) is 17.0 Å². The van der Waals surface area contributed by atoms with Gasteiger partial charge >= 0.3 is 0 Å². The Morgan fingerprint density at radius 3 is 2.50 bits per heavy atom. The van der Waals surface area contributed by atoms with Gasteiger partial charge < -0.3 is 9.84 Å². The molecule has 1 heterocycles. The molecular weight excluding hydrogens is 506 g/mol. The van der Waals surface area contributed by atoms with E-state index in [-0.39, 0.29) is 31.6 Å². The molecule has 5 heteroatoms. The maximum Gasteiger partial charge on any atom is 0.155 e. The van der Waals surface area contributed by atoms with E-state index in [2.05, 4.69) is 23.2 Å². The summed E-state index contributed by atoms with van der Waals surface area (Å²) in [4.78, 5) is 14.7. The minimum Gasteiger partial charge on any atom is -0.516 e. The normalized spacial score (nSPS) is 10.3. The van der Waals surface area contributed by atoms with Crippen LogP contribution in [0.3, 0.4) is 0 Å². The summed E-state index contributed by atoms with van der Waals surface area (Å²) < 4.78 is 5.22. The molecule has 2 aromatic carbocycles. The van der Waals surface area contributed by atoms with Gasteiger partial charge in [-0.15, -0.1) is 29.8 Å². The number of para-hydroxylation sites is 1. The number of benzene rings is 2. The molecule has 3 aromatic rings. The van der Waals surface area contributed by atoms with Crippen molar-refractivity contribution < 1.29 is 34.7 Å². The van der Waals surface area contributed by atoms with Crippen molar-refractivity contribution in [1.82, 2.24) is 4.98 Å². The van der Waals surface area contributed by atoms with Crippen molar-refractivity contribution in [2.45, 2.75) is 13.8 Å². The first-order chi connectivity index (χ1) is 12.0. The van der Waals surface area contributed by atoms with Gasteiger partial charge in [0.2, 0.25) is 0 Å². The van der Waals surface area contributed by atoms with Crippen LogP contribution in [0, 0.1) is 6.07 Å². The fourth-order valence-corrected chi connectivity index (χ4v) is 2.23. The number of hydrogen-bond donors (Lipinski definition) is 1. The Balaban J connectivity index is 0.000000366. The van der Waals surface area contributed by atoms with Crippen LogP contribution in [-0.2, 0) is 24.9 Å². The number of nitrogens with zero attached hydrogens (tertiary/aromatic N) is 1. The summed E-state index contributed by atoms with van der Waals surface area (Å²) in [5.74, 6) is 0.756. The first-order valence-electron chi connectivity index (χ1n) is 7.79. The van der Waals surface area contributed by atoms with E-state index in [9.17, 15) is 4.79 Å². The van der Waals surface area contributed by atoms with Crippen LogP contribution in [0.2, 0.25) is 0 Å². The van der Waals surface area contributed by atoms with Gasteiger partial charge in [-0.25, -0.2) is 0 Å². The Morgan fingerprint density at radius 1 is 1.15 bits per heavy atom. The predicted octanol–water partition coefficient (Wildman–Crippen LogP) is 4.75. The van der Waals surface area contributed by atoms with E-state index in [0.29, 0.717) is 0 Å². The van der Waals surface area contributed by atoms with Gasteiger partial charge in [0.25, 0.3) is 0 Å². The van der Waals surface area contributed by atoms with Crippen molar-refractivity contribution in [3.05, 3.63) is 72.5 Å². The maximum atomic E-state index is 10.0. The van der Waals surface area contributed by atoms with Crippen molar-refractivity contribution in [2.75, 3.05) is 7.11 Å². The Morgan fingerprint density at radius 2 is 1.88 bits per heavy atom. The molecule has 1 N–H and O–H groups in total. The number of pyridine rings is 1.